The summed E-state index contributed by atoms with van der Waals surface area (Å²) in [5.41, 5.74) is 2.09. The molecule has 0 spiro atoms. The Balaban J connectivity index is 2.06. The van der Waals surface area contributed by atoms with Crippen molar-refractivity contribution in [2.45, 2.75) is 0 Å². The maximum atomic E-state index is 13.7. The lowest BCUT2D eigenvalue weighted by atomic mass is 10.1. The summed E-state index contributed by atoms with van der Waals surface area (Å²) in [6.45, 7) is 0. The number of fused-ring (bicyclic) bond motifs is 1. The fourth-order valence-corrected chi connectivity index (χ4v) is 3.17. The number of aromatic nitrogens is 2. The number of hydrogen-bond donors (Lipinski definition) is 2. The van der Waals surface area contributed by atoms with E-state index in [1.807, 2.05) is 18.2 Å². The van der Waals surface area contributed by atoms with Crippen LogP contribution < -0.4 is 0 Å². The van der Waals surface area contributed by atoms with E-state index in [0.717, 1.165) is 9.99 Å². The molecule has 0 aliphatic carbocycles. The molecule has 0 saturated heterocycles. The third-order valence-corrected chi connectivity index (χ3v) is 4.45. The second kappa shape index (κ2) is 5.89. The van der Waals surface area contributed by atoms with Crippen molar-refractivity contribution in [2.75, 3.05) is 0 Å². The van der Waals surface area contributed by atoms with E-state index < -0.39 is 5.82 Å². The number of phenolic OH excluding ortho intramolecular Hbond substituents is 2. The molecule has 0 saturated carbocycles. The first kappa shape index (κ1) is 15.7. The highest BCUT2D eigenvalue weighted by molar-refractivity contribution is 9.10. The first-order chi connectivity index (χ1) is 12.0. The van der Waals surface area contributed by atoms with Crippen molar-refractivity contribution in [3.63, 3.8) is 0 Å². The van der Waals surface area contributed by atoms with Crippen LogP contribution >= 0.6 is 15.9 Å². The van der Waals surface area contributed by atoms with Gasteiger partial charge < -0.3 is 10.2 Å². The van der Waals surface area contributed by atoms with Gasteiger partial charge in [0, 0.05) is 16.2 Å². The van der Waals surface area contributed by atoms with Crippen molar-refractivity contribution >= 4 is 21.4 Å². The Morgan fingerprint density at radius 1 is 0.920 bits per heavy atom. The van der Waals surface area contributed by atoms with Crippen molar-refractivity contribution in [1.29, 1.82) is 0 Å². The smallest absolute Gasteiger partial charge is 0.149 e. The molecule has 4 aromatic rings. The molecule has 0 aliphatic heterocycles. The molecular formula is C19H12BrFN2O2. The Labute approximate surface area is 151 Å². The molecule has 2 heterocycles. The van der Waals surface area contributed by atoms with Crippen molar-refractivity contribution in [3.8, 4) is 34.1 Å². The van der Waals surface area contributed by atoms with E-state index in [2.05, 4.69) is 20.9 Å². The molecule has 4 nitrogen and oxygen atoms in total. The minimum Gasteiger partial charge on any atom is -0.507 e. The molecule has 2 aromatic carbocycles. The SMILES string of the molecule is Oc1ccc(Br)cc1-c1nc(-c2cc(F)ccc2O)n2ccccc12. The molecule has 6 heteroatoms. The summed E-state index contributed by atoms with van der Waals surface area (Å²) in [4.78, 5) is 4.59. The zero-order valence-corrected chi connectivity index (χ0v) is 14.4. The van der Waals surface area contributed by atoms with Crippen molar-refractivity contribution in [1.82, 2.24) is 9.38 Å². The van der Waals surface area contributed by atoms with Gasteiger partial charge in [-0.15, -0.1) is 0 Å². The summed E-state index contributed by atoms with van der Waals surface area (Å²) in [5, 5.41) is 20.4. The van der Waals surface area contributed by atoms with Crippen molar-refractivity contribution in [2.24, 2.45) is 0 Å². The average Bonchev–Trinajstić information content (AvgIpc) is 2.98. The Kier molecular flexibility index (Phi) is 3.69. The number of halogens is 2. The maximum Gasteiger partial charge on any atom is 0.149 e. The van der Waals surface area contributed by atoms with Gasteiger partial charge in [-0.3, -0.25) is 4.40 Å². The van der Waals surface area contributed by atoms with Gasteiger partial charge >= 0.3 is 0 Å². The molecule has 0 unspecified atom stereocenters. The van der Waals surface area contributed by atoms with Crippen LogP contribution in [0.25, 0.3) is 28.2 Å². The fraction of sp³-hybridized carbons (Fsp3) is 0. The molecule has 0 aliphatic rings. The number of rotatable bonds is 2. The predicted molar refractivity (Wildman–Crippen MR) is 97.1 cm³/mol. The van der Waals surface area contributed by atoms with E-state index in [1.165, 1.54) is 18.2 Å². The molecule has 0 radical (unpaired) electrons. The molecule has 0 atom stereocenters. The molecule has 2 N–H and O–H groups in total. The summed E-state index contributed by atoms with van der Waals surface area (Å²) in [6, 6.07) is 14.3. The van der Waals surface area contributed by atoms with Crippen LogP contribution in [0.4, 0.5) is 4.39 Å². The van der Waals surface area contributed by atoms with Crippen LogP contribution in [-0.4, -0.2) is 19.6 Å². The van der Waals surface area contributed by atoms with Gasteiger partial charge in [-0.1, -0.05) is 22.0 Å². The van der Waals surface area contributed by atoms with E-state index in [4.69, 9.17) is 0 Å². The molecule has 0 bridgehead atoms. The Morgan fingerprint density at radius 2 is 1.68 bits per heavy atom. The molecule has 124 valence electrons. The van der Waals surface area contributed by atoms with Crippen LogP contribution in [0, 0.1) is 5.82 Å². The summed E-state index contributed by atoms with van der Waals surface area (Å²) in [7, 11) is 0. The minimum absolute atomic E-state index is 0.0674. The zero-order valence-electron chi connectivity index (χ0n) is 12.8. The van der Waals surface area contributed by atoms with E-state index in [1.54, 1.807) is 28.8 Å². The number of aromatic hydroxyl groups is 2. The quantitative estimate of drug-likeness (QED) is 0.500. The maximum absolute atomic E-state index is 13.7. The van der Waals surface area contributed by atoms with E-state index >= 15 is 0 Å². The van der Waals surface area contributed by atoms with Crippen LogP contribution in [0.15, 0.2) is 65.3 Å². The monoisotopic (exact) mass is 398 g/mol. The van der Waals surface area contributed by atoms with Crippen LogP contribution in [0.2, 0.25) is 0 Å². The van der Waals surface area contributed by atoms with E-state index in [0.29, 0.717) is 17.1 Å². The summed E-state index contributed by atoms with van der Waals surface area (Å²) in [6.07, 6.45) is 1.78. The van der Waals surface area contributed by atoms with Crippen molar-refractivity contribution in [3.05, 3.63) is 71.1 Å². The molecule has 2 aromatic heterocycles. The third-order valence-electron chi connectivity index (χ3n) is 3.96. The molecular weight excluding hydrogens is 387 g/mol. The van der Waals surface area contributed by atoms with Gasteiger partial charge in [0.15, 0.2) is 0 Å². The summed E-state index contributed by atoms with van der Waals surface area (Å²) < 4.78 is 16.2. The average molecular weight is 399 g/mol. The largest absolute Gasteiger partial charge is 0.507 e. The van der Waals surface area contributed by atoms with Gasteiger partial charge in [0.1, 0.15) is 28.8 Å². The standard InChI is InChI=1S/C19H12BrFN2O2/c20-11-4-6-16(24)13(9-11)18-15-3-1-2-8-23(15)19(22-18)14-10-12(21)5-7-17(14)25/h1-10,24-25H. The van der Waals surface area contributed by atoms with Gasteiger partial charge in [-0.2, -0.15) is 0 Å². The van der Waals surface area contributed by atoms with Crippen LogP contribution in [0.3, 0.4) is 0 Å². The highest BCUT2D eigenvalue weighted by atomic mass is 79.9. The van der Waals surface area contributed by atoms with Crippen LogP contribution in [-0.2, 0) is 0 Å². The fourth-order valence-electron chi connectivity index (χ4n) is 2.81. The Hall–Kier alpha value is -2.86. The normalized spacial score (nSPS) is 11.1. The van der Waals surface area contributed by atoms with Gasteiger partial charge in [-0.05, 0) is 48.5 Å². The van der Waals surface area contributed by atoms with E-state index in [-0.39, 0.29) is 17.1 Å². The van der Waals surface area contributed by atoms with Gasteiger partial charge in [0.2, 0.25) is 0 Å². The summed E-state index contributed by atoms with van der Waals surface area (Å²) >= 11 is 3.40. The van der Waals surface area contributed by atoms with Gasteiger partial charge in [0.25, 0.3) is 0 Å². The van der Waals surface area contributed by atoms with Gasteiger partial charge in [0.05, 0.1) is 11.1 Å². The highest BCUT2D eigenvalue weighted by Crippen LogP contribution is 2.38. The number of nitrogens with zero attached hydrogens (tertiary/aromatic N) is 2. The first-order valence-corrected chi connectivity index (χ1v) is 8.29. The molecule has 25 heavy (non-hydrogen) atoms. The lowest BCUT2D eigenvalue weighted by Gasteiger charge is -2.03. The second-order valence-corrected chi connectivity index (χ2v) is 6.48. The zero-order chi connectivity index (χ0) is 17.6. The number of pyridine rings is 1. The van der Waals surface area contributed by atoms with Crippen LogP contribution in [0.1, 0.15) is 0 Å². The second-order valence-electron chi connectivity index (χ2n) is 5.56. The van der Waals surface area contributed by atoms with Gasteiger partial charge in [-0.25, -0.2) is 9.37 Å². The van der Waals surface area contributed by atoms with Crippen molar-refractivity contribution < 1.29 is 14.6 Å². The molecule has 0 amide bonds. The molecule has 0 fully saturated rings. The lowest BCUT2D eigenvalue weighted by molar-refractivity contribution is 0.474. The topological polar surface area (TPSA) is 57.8 Å². The summed E-state index contributed by atoms with van der Waals surface area (Å²) in [5.74, 6) is -0.0569. The molecule has 4 rings (SSSR count). The first-order valence-electron chi connectivity index (χ1n) is 7.49. The minimum atomic E-state index is -0.465. The number of benzene rings is 2. The lowest BCUT2D eigenvalue weighted by Crippen LogP contribution is -1.90. The van der Waals surface area contributed by atoms with E-state index in [9.17, 15) is 14.6 Å². The Morgan fingerprint density at radius 3 is 2.52 bits per heavy atom. The Bertz CT molecular complexity index is 1020. The number of imidazole rings is 1. The predicted octanol–water partition coefficient (Wildman–Crippen LogP) is 4.98. The number of hydrogen-bond acceptors (Lipinski definition) is 3. The highest BCUT2D eigenvalue weighted by Gasteiger charge is 2.19. The third kappa shape index (κ3) is 2.64. The van der Waals surface area contributed by atoms with Crippen LogP contribution in [0.5, 0.6) is 11.5 Å². The number of phenols is 2.